The molecule has 0 aliphatic heterocycles. The zero-order valence-corrected chi connectivity index (χ0v) is 14.9. The summed E-state index contributed by atoms with van der Waals surface area (Å²) in [5.74, 6) is -0.0138. The quantitative estimate of drug-likeness (QED) is 0.744. The van der Waals surface area contributed by atoms with Gasteiger partial charge >= 0.3 is 0 Å². The van der Waals surface area contributed by atoms with E-state index in [0.29, 0.717) is 12.4 Å². The van der Waals surface area contributed by atoms with Crippen LogP contribution < -0.4 is 15.0 Å². The number of rotatable bonds is 6. The largest absolute Gasteiger partial charge is 0.494 e. The van der Waals surface area contributed by atoms with E-state index in [1.54, 1.807) is 12.1 Å². The third-order valence-corrected chi connectivity index (χ3v) is 5.15. The van der Waals surface area contributed by atoms with Gasteiger partial charge in [0.1, 0.15) is 10.6 Å². The monoisotopic (exact) mass is 388 g/mol. The highest BCUT2D eigenvalue weighted by molar-refractivity contribution is 7.89. The Morgan fingerprint density at radius 1 is 1.12 bits per heavy atom. The highest BCUT2D eigenvalue weighted by Gasteiger charge is 2.20. The topological polar surface area (TPSA) is 84.5 Å². The van der Waals surface area contributed by atoms with Crippen LogP contribution in [0.3, 0.4) is 0 Å². The molecule has 0 radical (unpaired) electrons. The maximum absolute atomic E-state index is 12.2. The Balaban J connectivity index is 2.08. The van der Waals surface area contributed by atoms with Crippen molar-refractivity contribution >= 4 is 39.1 Å². The number of halogens is 2. The molecule has 0 aliphatic rings. The van der Waals surface area contributed by atoms with E-state index in [2.05, 4.69) is 5.43 Å². The molecule has 0 fully saturated rings. The molecule has 2 N–H and O–H groups in total. The van der Waals surface area contributed by atoms with Crippen LogP contribution in [0, 0.1) is 0 Å². The Hall–Kier alpha value is -1.80. The van der Waals surface area contributed by atoms with Gasteiger partial charge in [0.05, 0.1) is 16.7 Å². The molecule has 0 aromatic heterocycles. The summed E-state index contributed by atoms with van der Waals surface area (Å²) in [6.07, 6.45) is 0. The number of benzene rings is 2. The first-order valence-electron chi connectivity index (χ1n) is 6.84. The molecule has 9 heteroatoms. The molecule has 0 atom stereocenters. The van der Waals surface area contributed by atoms with E-state index in [4.69, 9.17) is 27.9 Å². The van der Waals surface area contributed by atoms with Crippen LogP contribution in [0.15, 0.2) is 47.4 Å². The van der Waals surface area contributed by atoms with Crippen molar-refractivity contribution in [1.29, 1.82) is 0 Å². The Morgan fingerprint density at radius 2 is 1.79 bits per heavy atom. The van der Waals surface area contributed by atoms with Gasteiger partial charge in [0.2, 0.25) is 0 Å². The number of sulfonamides is 1. The van der Waals surface area contributed by atoms with Crippen LogP contribution in [-0.4, -0.2) is 20.9 Å². The molecule has 1 amide bonds. The molecular formula is C15H14Cl2N2O4S. The molecule has 24 heavy (non-hydrogen) atoms. The minimum atomic E-state index is -4.06. The third kappa shape index (κ3) is 4.39. The summed E-state index contributed by atoms with van der Waals surface area (Å²) in [4.78, 5) is 13.8. The highest BCUT2D eigenvalue weighted by atomic mass is 35.5. The van der Waals surface area contributed by atoms with Gasteiger partial charge in [-0.15, -0.1) is 4.83 Å². The average molecular weight is 389 g/mol. The van der Waals surface area contributed by atoms with Crippen LogP contribution in [0.25, 0.3) is 0 Å². The molecule has 0 saturated heterocycles. The van der Waals surface area contributed by atoms with Gasteiger partial charge in [-0.3, -0.25) is 10.2 Å². The summed E-state index contributed by atoms with van der Waals surface area (Å²) in [6, 6.07) is 10.4. The summed E-state index contributed by atoms with van der Waals surface area (Å²) in [6.45, 7) is 2.35. The molecule has 0 spiro atoms. The van der Waals surface area contributed by atoms with Crippen molar-refractivity contribution in [3.8, 4) is 5.75 Å². The molecule has 0 bridgehead atoms. The Labute approximate surface area is 149 Å². The fourth-order valence-electron chi connectivity index (χ4n) is 1.80. The Bertz CT molecular complexity index is 839. The predicted octanol–water partition coefficient (Wildman–Crippen LogP) is 3.02. The maximum atomic E-state index is 12.2. The second-order valence-electron chi connectivity index (χ2n) is 4.57. The summed E-state index contributed by atoms with van der Waals surface area (Å²) < 4.78 is 29.6. The van der Waals surface area contributed by atoms with Crippen molar-refractivity contribution in [2.24, 2.45) is 0 Å². The Kier molecular flexibility index (Phi) is 6.06. The minimum Gasteiger partial charge on any atom is -0.494 e. The number of carbonyl (C=O) groups is 1. The number of nitrogens with one attached hydrogen (secondary N) is 2. The van der Waals surface area contributed by atoms with Gasteiger partial charge in [-0.25, -0.2) is 8.42 Å². The van der Waals surface area contributed by atoms with Crippen LogP contribution >= 0.6 is 23.2 Å². The van der Waals surface area contributed by atoms with E-state index in [0.717, 1.165) is 0 Å². The molecule has 0 saturated carbocycles. The summed E-state index contributed by atoms with van der Waals surface area (Å²) in [5.41, 5.74) is 2.38. The Morgan fingerprint density at radius 3 is 2.42 bits per heavy atom. The molecule has 2 aromatic rings. The van der Waals surface area contributed by atoms with Crippen molar-refractivity contribution in [3.05, 3.63) is 58.1 Å². The fraction of sp³-hybridized carbons (Fsp3) is 0.133. The zero-order valence-electron chi connectivity index (χ0n) is 12.5. The maximum Gasteiger partial charge on any atom is 0.266 e. The van der Waals surface area contributed by atoms with E-state index in [-0.39, 0.29) is 20.5 Å². The third-order valence-electron chi connectivity index (χ3n) is 2.93. The van der Waals surface area contributed by atoms with E-state index in [1.165, 1.54) is 30.3 Å². The lowest BCUT2D eigenvalue weighted by atomic mass is 10.2. The first kappa shape index (κ1) is 18.5. The van der Waals surface area contributed by atoms with Crippen LogP contribution in [0.5, 0.6) is 5.75 Å². The van der Waals surface area contributed by atoms with E-state index >= 15 is 0 Å². The lowest BCUT2D eigenvalue weighted by Crippen LogP contribution is -2.41. The van der Waals surface area contributed by atoms with Crippen molar-refractivity contribution < 1.29 is 17.9 Å². The highest BCUT2D eigenvalue weighted by Crippen LogP contribution is 2.28. The van der Waals surface area contributed by atoms with Crippen LogP contribution in [0.1, 0.15) is 17.3 Å². The van der Waals surface area contributed by atoms with Crippen molar-refractivity contribution in [2.75, 3.05) is 6.61 Å². The zero-order chi connectivity index (χ0) is 17.7. The van der Waals surface area contributed by atoms with Gasteiger partial charge in [0.25, 0.3) is 15.9 Å². The molecule has 128 valence electrons. The minimum absolute atomic E-state index is 0.0948. The molecule has 2 aromatic carbocycles. The number of carbonyl (C=O) groups excluding carboxylic acids is 1. The smallest absolute Gasteiger partial charge is 0.266 e. The second-order valence-corrected chi connectivity index (χ2v) is 7.00. The summed E-state index contributed by atoms with van der Waals surface area (Å²) in [7, 11) is -4.06. The van der Waals surface area contributed by atoms with Crippen molar-refractivity contribution in [2.45, 2.75) is 11.8 Å². The van der Waals surface area contributed by atoms with Crippen molar-refractivity contribution in [3.63, 3.8) is 0 Å². The lowest BCUT2D eigenvalue weighted by molar-refractivity contribution is 0.0945. The summed E-state index contributed by atoms with van der Waals surface area (Å²) >= 11 is 11.7. The van der Waals surface area contributed by atoms with Crippen LogP contribution in [0.4, 0.5) is 0 Å². The van der Waals surface area contributed by atoms with Gasteiger partial charge in [-0.05, 0) is 43.3 Å². The molecular weight excluding hydrogens is 375 g/mol. The van der Waals surface area contributed by atoms with E-state index in [1.807, 2.05) is 11.8 Å². The normalized spacial score (nSPS) is 11.1. The standard InChI is InChI=1S/C15H14Cl2N2O4S/c1-2-23-11-8-6-10(7-9-11)15(20)18-19-24(21,22)13-5-3-4-12(16)14(13)17/h3-9,19H,2H2,1H3,(H,18,20). The van der Waals surface area contributed by atoms with Gasteiger partial charge in [0, 0.05) is 5.56 Å². The first-order chi connectivity index (χ1) is 11.3. The van der Waals surface area contributed by atoms with Gasteiger partial charge in [0.15, 0.2) is 0 Å². The number of amides is 1. The molecule has 0 aliphatic carbocycles. The first-order valence-corrected chi connectivity index (χ1v) is 9.08. The SMILES string of the molecule is CCOc1ccc(C(=O)NNS(=O)(=O)c2cccc(Cl)c2Cl)cc1. The van der Waals surface area contributed by atoms with Gasteiger partial charge in [-0.2, -0.15) is 0 Å². The predicted molar refractivity (Wildman–Crippen MR) is 91.9 cm³/mol. The fourth-order valence-corrected chi connectivity index (χ4v) is 3.40. The van der Waals surface area contributed by atoms with Gasteiger partial charge < -0.3 is 4.74 Å². The molecule has 0 heterocycles. The van der Waals surface area contributed by atoms with E-state index in [9.17, 15) is 13.2 Å². The average Bonchev–Trinajstić information content (AvgIpc) is 2.56. The molecule has 6 nitrogen and oxygen atoms in total. The molecule has 2 rings (SSSR count). The van der Waals surface area contributed by atoms with Crippen LogP contribution in [-0.2, 0) is 10.0 Å². The molecule has 0 unspecified atom stereocenters. The number of hydrogen-bond acceptors (Lipinski definition) is 4. The van der Waals surface area contributed by atoms with E-state index < -0.39 is 15.9 Å². The van der Waals surface area contributed by atoms with Crippen molar-refractivity contribution in [1.82, 2.24) is 10.3 Å². The number of ether oxygens (including phenoxy) is 1. The van der Waals surface area contributed by atoms with Gasteiger partial charge in [-0.1, -0.05) is 29.3 Å². The summed E-state index contributed by atoms with van der Waals surface area (Å²) in [5, 5.41) is -0.0284. The number of hydrazine groups is 1. The van der Waals surface area contributed by atoms with Crippen LogP contribution in [0.2, 0.25) is 10.0 Å². The number of hydrogen-bond donors (Lipinski definition) is 2. The second kappa shape index (κ2) is 7.85. The lowest BCUT2D eigenvalue weighted by Gasteiger charge is -2.10.